The molecule has 0 aliphatic carbocycles. The number of primary amides is 1. The second-order valence-corrected chi connectivity index (χ2v) is 6.69. The number of benzene rings is 1. The number of hydrogen-bond acceptors (Lipinski definition) is 5. The highest BCUT2D eigenvalue weighted by molar-refractivity contribution is 5.90. The monoisotopic (exact) mass is 405 g/mol. The number of unbranched alkanes of at least 4 members (excludes halogenated alkanes) is 4. The Labute approximate surface area is 171 Å². The molecule has 8 heteroatoms. The van der Waals surface area contributed by atoms with Crippen LogP contribution in [0.25, 0.3) is 0 Å². The first-order chi connectivity index (χ1) is 14.0. The van der Waals surface area contributed by atoms with Gasteiger partial charge in [-0.2, -0.15) is 0 Å². The van der Waals surface area contributed by atoms with Crippen molar-refractivity contribution in [2.75, 3.05) is 6.61 Å². The molecule has 1 aromatic carbocycles. The molecule has 1 rings (SSSR count). The maximum atomic E-state index is 12.3. The zero-order valence-corrected chi connectivity index (χ0v) is 16.6. The maximum Gasteiger partial charge on any atom is 0.408 e. The van der Waals surface area contributed by atoms with E-state index in [1.54, 1.807) is 12.1 Å². The van der Waals surface area contributed by atoms with E-state index in [1.165, 1.54) is 0 Å². The van der Waals surface area contributed by atoms with Gasteiger partial charge in [-0.3, -0.25) is 9.59 Å². The van der Waals surface area contributed by atoms with Crippen molar-refractivity contribution in [3.63, 3.8) is 0 Å². The third kappa shape index (κ3) is 10.3. The Hall–Kier alpha value is -2.87. The van der Waals surface area contributed by atoms with Crippen LogP contribution in [-0.4, -0.2) is 41.7 Å². The van der Waals surface area contributed by atoms with Gasteiger partial charge in [-0.15, -0.1) is 6.58 Å². The van der Waals surface area contributed by atoms with Gasteiger partial charge in [0.15, 0.2) is 0 Å². The zero-order chi connectivity index (χ0) is 21.5. The lowest BCUT2D eigenvalue weighted by Gasteiger charge is -2.20. The molecule has 0 spiro atoms. The molecule has 3 amide bonds. The van der Waals surface area contributed by atoms with E-state index >= 15 is 0 Å². The van der Waals surface area contributed by atoms with E-state index in [2.05, 4.69) is 17.2 Å². The van der Waals surface area contributed by atoms with Gasteiger partial charge < -0.3 is 26.2 Å². The van der Waals surface area contributed by atoms with E-state index in [1.807, 2.05) is 24.3 Å². The average molecular weight is 405 g/mol. The molecule has 0 aliphatic heterocycles. The predicted octanol–water partition coefficient (Wildman–Crippen LogP) is 1.77. The average Bonchev–Trinajstić information content (AvgIpc) is 2.72. The molecule has 0 bridgehead atoms. The lowest BCUT2D eigenvalue weighted by Crippen LogP contribution is -2.54. The molecule has 0 aromatic heterocycles. The summed E-state index contributed by atoms with van der Waals surface area (Å²) in [7, 11) is 0. The number of nitrogens with one attached hydrogen (secondary N) is 2. The number of amides is 3. The number of alkyl carbamates (subject to hydrolysis) is 1. The fourth-order valence-corrected chi connectivity index (χ4v) is 2.65. The summed E-state index contributed by atoms with van der Waals surface area (Å²) in [4.78, 5) is 35.8. The molecule has 0 fully saturated rings. The molecule has 0 unspecified atom stereocenters. The summed E-state index contributed by atoms with van der Waals surface area (Å²) in [5.41, 5.74) is 6.15. The summed E-state index contributed by atoms with van der Waals surface area (Å²) in [6.45, 7) is 3.06. The molecule has 2 atom stereocenters. The van der Waals surface area contributed by atoms with Gasteiger partial charge in [0.25, 0.3) is 0 Å². The summed E-state index contributed by atoms with van der Waals surface area (Å²) < 4.78 is 5.03. The van der Waals surface area contributed by atoms with E-state index in [4.69, 9.17) is 10.5 Å². The first kappa shape index (κ1) is 24.2. The van der Waals surface area contributed by atoms with Crippen LogP contribution in [0, 0.1) is 0 Å². The van der Waals surface area contributed by atoms with Crippen molar-refractivity contribution in [1.29, 1.82) is 0 Å². The molecule has 0 aliphatic rings. The normalized spacial score (nSPS) is 12.4. The van der Waals surface area contributed by atoms with Crippen LogP contribution in [0.2, 0.25) is 0 Å². The molecule has 29 heavy (non-hydrogen) atoms. The largest absolute Gasteiger partial charge is 0.445 e. The fraction of sp³-hybridized carbons (Fsp3) is 0.476. The quantitative estimate of drug-likeness (QED) is 0.277. The van der Waals surface area contributed by atoms with Crippen LogP contribution in [-0.2, 0) is 20.9 Å². The van der Waals surface area contributed by atoms with Gasteiger partial charge in [0.05, 0.1) is 6.61 Å². The summed E-state index contributed by atoms with van der Waals surface area (Å²) in [5.74, 6) is -1.35. The number of carbonyl (C=O) groups is 3. The van der Waals surface area contributed by atoms with Crippen LogP contribution in [0.3, 0.4) is 0 Å². The number of allylic oxidation sites excluding steroid dienone is 1. The van der Waals surface area contributed by atoms with Crippen molar-refractivity contribution in [3.8, 4) is 0 Å². The van der Waals surface area contributed by atoms with Crippen molar-refractivity contribution in [3.05, 3.63) is 48.6 Å². The predicted molar refractivity (Wildman–Crippen MR) is 110 cm³/mol. The standard InChI is InChI=1S/C21H31N3O5/c1-2-3-4-5-6-10-13-17(19(22)26)23-20(27)18(14-25)24-21(28)29-15-16-11-8-7-9-12-16/h2,7-9,11-12,17-18,25H,1,3-6,10,13-15H2,(H2,22,26)(H,23,27)(H,24,28)/t17-,18-/m0/s1. The number of rotatable bonds is 14. The molecule has 5 N–H and O–H groups in total. The van der Waals surface area contributed by atoms with E-state index in [0.717, 1.165) is 37.7 Å². The number of carbonyl (C=O) groups excluding carboxylic acids is 3. The molecule has 0 heterocycles. The summed E-state index contributed by atoms with van der Waals surface area (Å²) in [6, 6.07) is 6.93. The van der Waals surface area contributed by atoms with Gasteiger partial charge >= 0.3 is 6.09 Å². The smallest absolute Gasteiger partial charge is 0.408 e. The van der Waals surface area contributed by atoms with Gasteiger partial charge in [0.1, 0.15) is 18.7 Å². The molecular formula is C21H31N3O5. The van der Waals surface area contributed by atoms with Crippen molar-refractivity contribution >= 4 is 17.9 Å². The molecule has 1 aromatic rings. The second-order valence-electron chi connectivity index (χ2n) is 6.69. The summed E-state index contributed by atoms with van der Waals surface area (Å²) in [5, 5.41) is 14.2. The minimum absolute atomic E-state index is 0.0300. The molecular weight excluding hydrogens is 374 g/mol. The Kier molecular flexibility index (Phi) is 11.8. The van der Waals surface area contributed by atoms with Gasteiger partial charge in [-0.25, -0.2) is 4.79 Å². The maximum absolute atomic E-state index is 12.3. The first-order valence-corrected chi connectivity index (χ1v) is 9.76. The highest BCUT2D eigenvalue weighted by atomic mass is 16.5. The van der Waals surface area contributed by atoms with Gasteiger partial charge in [0, 0.05) is 0 Å². The fourth-order valence-electron chi connectivity index (χ4n) is 2.65. The Bertz CT molecular complexity index is 651. The van der Waals surface area contributed by atoms with Gasteiger partial charge in [0.2, 0.25) is 11.8 Å². The van der Waals surface area contributed by atoms with Crippen molar-refractivity contribution < 1.29 is 24.2 Å². The van der Waals surface area contributed by atoms with Crippen molar-refractivity contribution in [2.24, 2.45) is 5.73 Å². The lowest BCUT2D eigenvalue weighted by molar-refractivity contribution is -0.129. The van der Waals surface area contributed by atoms with E-state index in [0.29, 0.717) is 6.42 Å². The molecule has 0 saturated carbocycles. The zero-order valence-electron chi connectivity index (χ0n) is 16.6. The number of ether oxygens (including phenoxy) is 1. The minimum atomic E-state index is -1.24. The van der Waals surface area contributed by atoms with Crippen molar-refractivity contribution in [2.45, 2.75) is 57.2 Å². The van der Waals surface area contributed by atoms with Gasteiger partial charge in [-0.1, -0.05) is 55.7 Å². The molecule has 160 valence electrons. The van der Waals surface area contributed by atoms with Crippen LogP contribution in [0.1, 0.15) is 44.1 Å². The Morgan fingerprint density at radius 2 is 1.76 bits per heavy atom. The molecule has 0 radical (unpaired) electrons. The SMILES string of the molecule is C=CCCCCCC[C@H](NC(=O)[C@H](CO)NC(=O)OCc1ccccc1)C(N)=O. The Balaban J connectivity index is 2.43. The van der Waals surface area contributed by atoms with Crippen molar-refractivity contribution in [1.82, 2.24) is 10.6 Å². The lowest BCUT2D eigenvalue weighted by atomic mass is 10.1. The first-order valence-electron chi connectivity index (χ1n) is 9.76. The van der Waals surface area contributed by atoms with Crippen LogP contribution in [0.4, 0.5) is 4.79 Å². The number of hydrogen-bond donors (Lipinski definition) is 4. The molecule has 8 nitrogen and oxygen atoms in total. The second kappa shape index (κ2) is 14.2. The Morgan fingerprint density at radius 3 is 2.38 bits per heavy atom. The van der Waals surface area contributed by atoms with Gasteiger partial charge in [-0.05, 0) is 24.8 Å². The van der Waals surface area contributed by atoms with Crippen LogP contribution < -0.4 is 16.4 Å². The minimum Gasteiger partial charge on any atom is -0.445 e. The van der Waals surface area contributed by atoms with Crippen LogP contribution in [0.15, 0.2) is 43.0 Å². The van der Waals surface area contributed by atoms with Crippen LogP contribution in [0.5, 0.6) is 0 Å². The summed E-state index contributed by atoms with van der Waals surface area (Å²) in [6.07, 6.45) is 6.01. The Morgan fingerprint density at radius 1 is 1.07 bits per heavy atom. The highest BCUT2D eigenvalue weighted by Gasteiger charge is 2.25. The third-order valence-corrected chi connectivity index (χ3v) is 4.31. The topological polar surface area (TPSA) is 131 Å². The third-order valence-electron chi connectivity index (χ3n) is 4.31. The molecule has 0 saturated heterocycles. The number of nitrogens with two attached hydrogens (primary N) is 1. The highest BCUT2D eigenvalue weighted by Crippen LogP contribution is 2.08. The summed E-state index contributed by atoms with van der Waals surface area (Å²) >= 11 is 0. The van der Waals surface area contributed by atoms with E-state index in [-0.39, 0.29) is 6.61 Å². The number of aliphatic hydroxyl groups excluding tert-OH is 1. The van der Waals surface area contributed by atoms with E-state index < -0.39 is 36.6 Å². The van der Waals surface area contributed by atoms with E-state index in [9.17, 15) is 19.5 Å². The number of aliphatic hydroxyl groups is 1. The van der Waals surface area contributed by atoms with Crippen LogP contribution >= 0.6 is 0 Å².